The Balaban J connectivity index is 1.39. The van der Waals surface area contributed by atoms with Gasteiger partial charge in [0.2, 0.25) is 0 Å². The van der Waals surface area contributed by atoms with Gasteiger partial charge in [-0.2, -0.15) is 0 Å². The van der Waals surface area contributed by atoms with E-state index in [0.29, 0.717) is 73.2 Å². The number of halogens is 4. The summed E-state index contributed by atoms with van der Waals surface area (Å²) in [5, 5.41) is 13.0. The Hall–Kier alpha value is -3.40. The Morgan fingerprint density at radius 2 is 1.87 bits per heavy atom. The van der Waals surface area contributed by atoms with Crippen molar-refractivity contribution in [3.8, 4) is 5.75 Å². The van der Waals surface area contributed by atoms with Gasteiger partial charge in [-0.15, -0.1) is 0 Å². The second kappa shape index (κ2) is 12.2. The van der Waals surface area contributed by atoms with Crippen LogP contribution in [-0.2, 0) is 4.79 Å². The van der Waals surface area contributed by atoms with Crippen LogP contribution in [0, 0.1) is 29.8 Å². The van der Waals surface area contributed by atoms with Crippen molar-refractivity contribution < 1.29 is 32.2 Å². The highest BCUT2D eigenvalue weighted by Gasteiger charge is 2.37. The number of anilines is 1. The van der Waals surface area contributed by atoms with Gasteiger partial charge in [0.05, 0.1) is 19.0 Å². The molecule has 0 amide bonds. The van der Waals surface area contributed by atoms with Gasteiger partial charge in [-0.25, -0.2) is 17.6 Å². The van der Waals surface area contributed by atoms with Crippen LogP contribution in [0.25, 0.3) is 10.9 Å². The number of pyridine rings is 1. The number of carbonyl (C=O) groups is 1. The van der Waals surface area contributed by atoms with E-state index >= 15 is 4.39 Å². The lowest BCUT2D eigenvalue weighted by molar-refractivity contribution is -0.141. The quantitative estimate of drug-likeness (QED) is 0.270. The van der Waals surface area contributed by atoms with E-state index in [0.717, 1.165) is 5.56 Å². The first-order chi connectivity index (χ1) is 18.6. The molecular weight excluding hydrogens is 514 g/mol. The van der Waals surface area contributed by atoms with Gasteiger partial charge in [0.1, 0.15) is 23.4 Å². The topological polar surface area (TPSA) is 74.7 Å². The van der Waals surface area contributed by atoms with E-state index in [1.807, 2.05) is 6.92 Å². The largest absolute Gasteiger partial charge is 0.497 e. The van der Waals surface area contributed by atoms with Crippen molar-refractivity contribution in [1.82, 2.24) is 9.88 Å². The number of aryl methyl sites for hydroxylation is 1. The van der Waals surface area contributed by atoms with Crippen molar-refractivity contribution in [2.75, 3.05) is 38.6 Å². The number of hydrogen-bond acceptors (Lipinski definition) is 5. The number of nitrogens with zero attached hydrogens (tertiary/aromatic N) is 2. The molecule has 210 valence electrons. The monoisotopic (exact) mass is 547 g/mol. The summed E-state index contributed by atoms with van der Waals surface area (Å²) >= 11 is 0. The zero-order valence-electron chi connectivity index (χ0n) is 22.1. The van der Waals surface area contributed by atoms with Crippen molar-refractivity contribution in [3.05, 3.63) is 65.1 Å². The van der Waals surface area contributed by atoms with Gasteiger partial charge >= 0.3 is 5.97 Å². The second-order valence-electron chi connectivity index (χ2n) is 10.3. The van der Waals surface area contributed by atoms with Crippen LogP contribution in [0.2, 0.25) is 0 Å². The van der Waals surface area contributed by atoms with Crippen molar-refractivity contribution in [2.24, 2.45) is 5.41 Å². The molecule has 2 N–H and O–H groups in total. The molecule has 4 rings (SSSR count). The Bertz CT molecular complexity index is 1310. The average molecular weight is 548 g/mol. The van der Waals surface area contributed by atoms with E-state index in [9.17, 15) is 23.1 Å². The summed E-state index contributed by atoms with van der Waals surface area (Å²) in [6, 6.07) is 6.59. The summed E-state index contributed by atoms with van der Waals surface area (Å²) < 4.78 is 62.0. The minimum Gasteiger partial charge on any atom is -0.497 e. The first-order valence-electron chi connectivity index (χ1n) is 13.0. The molecule has 0 spiro atoms. The number of alkyl halides is 1. The number of ether oxygens (including phenoxy) is 1. The number of nitrogens with one attached hydrogen (secondary N) is 1. The fraction of sp³-hybridized carbons (Fsp3) is 0.448. The Morgan fingerprint density at radius 3 is 2.51 bits per heavy atom. The fourth-order valence-electron chi connectivity index (χ4n) is 5.55. The molecule has 0 aliphatic carbocycles. The Morgan fingerprint density at radius 1 is 1.18 bits per heavy atom. The molecule has 0 bridgehead atoms. The number of rotatable bonds is 11. The minimum atomic E-state index is -1.30. The van der Waals surface area contributed by atoms with Crippen LogP contribution in [-0.4, -0.2) is 54.2 Å². The number of fused-ring (bicyclic) bond motifs is 1. The van der Waals surface area contributed by atoms with Gasteiger partial charge in [0.25, 0.3) is 0 Å². The van der Waals surface area contributed by atoms with Crippen LogP contribution in [0.1, 0.15) is 49.4 Å². The maximum absolute atomic E-state index is 15.8. The maximum Gasteiger partial charge on any atom is 0.303 e. The minimum absolute atomic E-state index is 0.0539. The standard InChI is InChI=1S/C29H33F4N3O3/c1-18-17-35-25-4-3-20(39-2)15-21(25)27(18)22(31)5-6-29(16-26(37)38)7-10-36(11-8-29)12-9-34-28-23(32)13-19(30)14-24(28)33/h3-4,13-15,17,22,34H,5-12,16H2,1-2H3,(H,37,38)/t22-/m0/s1. The van der Waals surface area contributed by atoms with E-state index in [-0.39, 0.29) is 25.1 Å². The third-order valence-corrected chi connectivity index (χ3v) is 7.74. The molecule has 0 radical (unpaired) electrons. The lowest BCUT2D eigenvalue weighted by Gasteiger charge is -2.41. The summed E-state index contributed by atoms with van der Waals surface area (Å²) in [6.45, 7) is 3.67. The molecule has 2 aromatic carbocycles. The third kappa shape index (κ3) is 6.79. The highest BCUT2D eigenvalue weighted by molar-refractivity contribution is 5.85. The number of aromatic nitrogens is 1. The summed E-state index contributed by atoms with van der Waals surface area (Å²) in [6.07, 6.45) is 2.02. The SMILES string of the molecule is COc1ccc2ncc(C)c([C@@H](F)CCC3(CC(=O)O)CCN(CCNc4c(F)cc(F)cc4F)CC3)c2c1. The Labute approximate surface area is 225 Å². The van der Waals surface area contributed by atoms with E-state index in [1.165, 1.54) is 0 Å². The number of carboxylic acid groups (broad SMARTS) is 1. The summed E-state index contributed by atoms with van der Waals surface area (Å²) in [4.78, 5) is 18.2. The number of methoxy groups -OCH3 is 1. The van der Waals surface area contributed by atoms with E-state index in [1.54, 1.807) is 31.5 Å². The predicted molar refractivity (Wildman–Crippen MR) is 141 cm³/mol. The summed E-state index contributed by atoms with van der Waals surface area (Å²) in [7, 11) is 1.55. The number of benzene rings is 2. The van der Waals surface area contributed by atoms with Gasteiger partial charge in [-0.3, -0.25) is 9.78 Å². The molecule has 2 heterocycles. The van der Waals surface area contributed by atoms with Crippen LogP contribution in [0.3, 0.4) is 0 Å². The van der Waals surface area contributed by atoms with Crippen molar-refractivity contribution in [3.63, 3.8) is 0 Å². The number of hydrogen-bond donors (Lipinski definition) is 2. The zero-order valence-corrected chi connectivity index (χ0v) is 22.1. The molecule has 1 aliphatic heterocycles. The molecule has 1 aromatic heterocycles. The normalized spacial score (nSPS) is 16.3. The molecule has 0 unspecified atom stereocenters. The van der Waals surface area contributed by atoms with Gasteiger partial charge in [0.15, 0.2) is 11.6 Å². The molecule has 39 heavy (non-hydrogen) atoms. The highest BCUT2D eigenvalue weighted by Crippen LogP contribution is 2.43. The molecule has 0 saturated carbocycles. The molecule has 1 saturated heterocycles. The lowest BCUT2D eigenvalue weighted by atomic mass is 9.71. The molecule has 1 aliphatic rings. The maximum atomic E-state index is 15.8. The molecule has 1 atom stereocenters. The highest BCUT2D eigenvalue weighted by atomic mass is 19.1. The van der Waals surface area contributed by atoms with Crippen molar-refractivity contribution >= 4 is 22.6 Å². The van der Waals surface area contributed by atoms with E-state index in [4.69, 9.17) is 4.74 Å². The number of aliphatic carboxylic acids is 1. The molecule has 10 heteroatoms. The van der Waals surface area contributed by atoms with E-state index < -0.39 is 35.0 Å². The number of carboxylic acids is 1. The van der Waals surface area contributed by atoms with Crippen LogP contribution < -0.4 is 10.1 Å². The van der Waals surface area contributed by atoms with Gasteiger partial charge in [0, 0.05) is 36.8 Å². The molecular formula is C29H33F4N3O3. The number of piperidine rings is 1. The first-order valence-corrected chi connectivity index (χ1v) is 13.0. The average Bonchev–Trinajstić information content (AvgIpc) is 2.89. The molecule has 6 nitrogen and oxygen atoms in total. The van der Waals surface area contributed by atoms with E-state index in [2.05, 4.69) is 15.2 Å². The van der Waals surface area contributed by atoms with Crippen molar-refractivity contribution in [1.29, 1.82) is 0 Å². The van der Waals surface area contributed by atoms with Gasteiger partial charge in [-0.1, -0.05) is 0 Å². The fourth-order valence-corrected chi connectivity index (χ4v) is 5.55. The smallest absolute Gasteiger partial charge is 0.303 e. The summed E-state index contributed by atoms with van der Waals surface area (Å²) in [5.41, 5.74) is 1.02. The van der Waals surface area contributed by atoms with Crippen LogP contribution >= 0.6 is 0 Å². The molecule has 3 aromatic rings. The number of likely N-dealkylation sites (tertiary alicyclic amines) is 1. The van der Waals surface area contributed by atoms with Crippen LogP contribution in [0.15, 0.2) is 36.5 Å². The summed E-state index contributed by atoms with van der Waals surface area (Å²) in [5.74, 6) is -3.29. The van der Waals surface area contributed by atoms with Crippen LogP contribution in [0.5, 0.6) is 5.75 Å². The van der Waals surface area contributed by atoms with Gasteiger partial charge in [-0.05, 0) is 80.4 Å². The first kappa shape index (κ1) is 28.6. The van der Waals surface area contributed by atoms with Crippen LogP contribution in [0.4, 0.5) is 23.2 Å². The predicted octanol–water partition coefficient (Wildman–Crippen LogP) is 6.43. The lowest BCUT2D eigenvalue weighted by Crippen LogP contribution is -2.43. The molecule has 1 fully saturated rings. The van der Waals surface area contributed by atoms with Crippen molar-refractivity contribution in [2.45, 2.75) is 45.2 Å². The Kier molecular flexibility index (Phi) is 8.94. The second-order valence-corrected chi connectivity index (χ2v) is 10.3. The van der Waals surface area contributed by atoms with Gasteiger partial charge < -0.3 is 20.1 Å². The third-order valence-electron chi connectivity index (χ3n) is 7.74. The zero-order chi connectivity index (χ0) is 28.2.